The van der Waals surface area contributed by atoms with Gasteiger partial charge in [-0.05, 0) is 54.1 Å². The third kappa shape index (κ3) is 3.43. The molecule has 0 bridgehead atoms. The monoisotopic (exact) mass is 456 g/mol. The summed E-state index contributed by atoms with van der Waals surface area (Å²) >= 11 is 0. The summed E-state index contributed by atoms with van der Waals surface area (Å²) in [5.41, 5.74) is 3.27. The fourth-order valence-corrected chi connectivity index (χ4v) is 5.00. The number of amides is 2. The van der Waals surface area contributed by atoms with Crippen molar-refractivity contribution in [1.29, 1.82) is 0 Å². The first-order chi connectivity index (χ1) is 16.7. The van der Waals surface area contributed by atoms with E-state index in [1.165, 1.54) is 4.90 Å². The minimum absolute atomic E-state index is 0.255. The topological polar surface area (TPSA) is 75.2 Å². The van der Waals surface area contributed by atoms with Gasteiger partial charge in [-0.1, -0.05) is 18.2 Å². The van der Waals surface area contributed by atoms with Gasteiger partial charge in [-0.3, -0.25) is 19.4 Å². The maximum Gasteiger partial charge on any atom is 0.266 e. The quantitative estimate of drug-likeness (QED) is 0.559. The molecule has 8 nitrogen and oxygen atoms in total. The number of aromatic nitrogens is 1. The van der Waals surface area contributed by atoms with E-state index in [1.54, 1.807) is 17.5 Å². The van der Waals surface area contributed by atoms with E-state index in [9.17, 15) is 9.59 Å². The van der Waals surface area contributed by atoms with Crippen molar-refractivity contribution in [1.82, 2.24) is 4.98 Å². The Bertz CT molecular complexity index is 1180. The fraction of sp³-hybridized carbons (Fsp3) is 0.269. The van der Waals surface area contributed by atoms with Crippen molar-refractivity contribution < 1.29 is 19.2 Å². The molecule has 0 unspecified atom stereocenters. The Hall–Kier alpha value is -3.75. The molecule has 3 aliphatic heterocycles. The fourth-order valence-electron chi connectivity index (χ4n) is 5.00. The Labute approximate surface area is 197 Å². The molecule has 2 amide bonds. The van der Waals surface area contributed by atoms with Gasteiger partial charge in [0.05, 0.1) is 30.6 Å². The number of rotatable bonds is 4. The lowest BCUT2D eigenvalue weighted by Gasteiger charge is -2.30. The normalized spacial score (nSPS) is 24.6. The molecule has 3 aromatic rings. The van der Waals surface area contributed by atoms with E-state index in [4.69, 9.17) is 9.57 Å². The largest absolute Gasteiger partial charge is 0.378 e. The summed E-state index contributed by atoms with van der Waals surface area (Å²) in [4.78, 5) is 40.9. The number of nitrogens with zero attached hydrogens (tertiary/aromatic N) is 4. The van der Waals surface area contributed by atoms with Gasteiger partial charge in [0.2, 0.25) is 5.91 Å². The second-order valence-corrected chi connectivity index (χ2v) is 8.57. The number of hydroxylamine groups is 1. The molecule has 34 heavy (non-hydrogen) atoms. The van der Waals surface area contributed by atoms with Crippen molar-refractivity contribution in [2.75, 3.05) is 41.2 Å². The molecule has 0 aliphatic carbocycles. The third-order valence-corrected chi connectivity index (χ3v) is 6.66. The van der Waals surface area contributed by atoms with Gasteiger partial charge in [-0.2, -0.15) is 0 Å². The molecule has 0 N–H and O–H groups in total. The number of anilines is 3. The SMILES string of the molecule is O=C1[C@H]2[C@@H](c3ccncc3)N(c3ccccc3)O[C@H]2C(=O)N1c1ccc(N2CCOCC2)cc1. The van der Waals surface area contributed by atoms with Gasteiger partial charge in [-0.25, -0.2) is 9.96 Å². The molecule has 0 saturated carbocycles. The first-order valence-corrected chi connectivity index (χ1v) is 11.4. The average Bonchev–Trinajstić information content (AvgIpc) is 3.41. The van der Waals surface area contributed by atoms with Crippen molar-refractivity contribution in [2.24, 2.45) is 5.92 Å². The molecule has 2 aromatic carbocycles. The number of pyridine rings is 1. The summed E-state index contributed by atoms with van der Waals surface area (Å²) in [6, 6.07) is 20.4. The van der Waals surface area contributed by atoms with E-state index < -0.39 is 18.1 Å². The van der Waals surface area contributed by atoms with Crippen LogP contribution < -0.4 is 14.9 Å². The Morgan fingerprint density at radius 3 is 2.15 bits per heavy atom. The van der Waals surface area contributed by atoms with Crippen molar-refractivity contribution in [3.63, 3.8) is 0 Å². The zero-order valence-electron chi connectivity index (χ0n) is 18.5. The van der Waals surface area contributed by atoms with E-state index in [2.05, 4.69) is 9.88 Å². The molecule has 0 radical (unpaired) electrons. The van der Waals surface area contributed by atoms with Crippen molar-refractivity contribution in [2.45, 2.75) is 12.1 Å². The summed E-state index contributed by atoms with van der Waals surface area (Å²) in [6.07, 6.45) is 2.49. The highest BCUT2D eigenvalue weighted by Gasteiger charge is 2.60. The number of hydrogen-bond acceptors (Lipinski definition) is 7. The number of ether oxygens (including phenoxy) is 1. The Morgan fingerprint density at radius 2 is 1.44 bits per heavy atom. The molecule has 6 rings (SSSR count). The van der Waals surface area contributed by atoms with E-state index in [1.807, 2.05) is 66.7 Å². The van der Waals surface area contributed by atoms with Crippen molar-refractivity contribution in [3.05, 3.63) is 84.7 Å². The lowest BCUT2D eigenvalue weighted by Crippen LogP contribution is -2.38. The van der Waals surface area contributed by atoms with Crippen LogP contribution in [0.3, 0.4) is 0 Å². The predicted molar refractivity (Wildman–Crippen MR) is 126 cm³/mol. The van der Waals surface area contributed by atoms with Gasteiger partial charge in [0.25, 0.3) is 5.91 Å². The summed E-state index contributed by atoms with van der Waals surface area (Å²) < 4.78 is 5.42. The predicted octanol–water partition coefficient (Wildman–Crippen LogP) is 2.97. The van der Waals surface area contributed by atoms with Gasteiger partial charge in [0.15, 0.2) is 6.10 Å². The number of imide groups is 1. The summed E-state index contributed by atoms with van der Waals surface area (Å²) in [5.74, 6) is -1.25. The minimum Gasteiger partial charge on any atom is -0.378 e. The highest BCUT2D eigenvalue weighted by Crippen LogP contribution is 2.47. The van der Waals surface area contributed by atoms with Crippen LogP contribution in [0.25, 0.3) is 0 Å². The molecule has 172 valence electrons. The van der Waals surface area contributed by atoms with Crippen LogP contribution in [0, 0.1) is 5.92 Å². The van der Waals surface area contributed by atoms with Crippen LogP contribution in [-0.4, -0.2) is 49.2 Å². The molecule has 3 aliphatic rings. The van der Waals surface area contributed by atoms with E-state index >= 15 is 0 Å². The summed E-state index contributed by atoms with van der Waals surface area (Å²) in [6.45, 7) is 3.03. The number of morpholine rings is 1. The number of carbonyl (C=O) groups is 2. The molecule has 3 atom stereocenters. The molecular weight excluding hydrogens is 432 g/mol. The maximum atomic E-state index is 13.7. The van der Waals surface area contributed by atoms with Crippen molar-refractivity contribution in [3.8, 4) is 0 Å². The third-order valence-electron chi connectivity index (χ3n) is 6.66. The lowest BCUT2D eigenvalue weighted by molar-refractivity contribution is -0.126. The molecular formula is C26H24N4O4. The van der Waals surface area contributed by atoms with Crippen LogP contribution in [0.15, 0.2) is 79.1 Å². The molecule has 0 spiro atoms. The van der Waals surface area contributed by atoms with Gasteiger partial charge >= 0.3 is 0 Å². The van der Waals surface area contributed by atoms with Crippen LogP contribution in [0.1, 0.15) is 11.6 Å². The molecule has 1 aromatic heterocycles. The number of carbonyl (C=O) groups excluding carboxylic acids is 2. The van der Waals surface area contributed by atoms with Crippen LogP contribution in [0.5, 0.6) is 0 Å². The second-order valence-electron chi connectivity index (χ2n) is 8.57. The van der Waals surface area contributed by atoms with Gasteiger partial charge in [0.1, 0.15) is 5.92 Å². The Morgan fingerprint density at radius 1 is 0.765 bits per heavy atom. The lowest BCUT2D eigenvalue weighted by atomic mass is 9.91. The standard InChI is InChI=1S/C26H24N4O4/c31-25-22-23(18-10-12-27-13-11-18)30(21-4-2-1-3-5-21)34-24(22)26(32)29(25)20-8-6-19(7-9-20)28-14-16-33-17-15-28/h1-13,22-24H,14-17H2/t22-,23+,24+/m0/s1. The highest BCUT2D eigenvalue weighted by atomic mass is 16.7. The van der Waals surface area contributed by atoms with Crippen LogP contribution in [0.2, 0.25) is 0 Å². The van der Waals surface area contributed by atoms with Gasteiger partial charge < -0.3 is 9.64 Å². The zero-order chi connectivity index (χ0) is 23.1. The molecule has 3 saturated heterocycles. The van der Waals surface area contributed by atoms with E-state index in [-0.39, 0.29) is 11.8 Å². The average molecular weight is 457 g/mol. The zero-order valence-corrected chi connectivity index (χ0v) is 18.5. The van der Waals surface area contributed by atoms with E-state index in [0.29, 0.717) is 18.9 Å². The van der Waals surface area contributed by atoms with Crippen molar-refractivity contribution >= 4 is 28.9 Å². The number of para-hydroxylation sites is 1. The first-order valence-electron chi connectivity index (χ1n) is 11.4. The van der Waals surface area contributed by atoms with E-state index in [0.717, 1.165) is 30.0 Å². The smallest absolute Gasteiger partial charge is 0.266 e. The number of benzene rings is 2. The molecule has 3 fully saturated rings. The molecule has 4 heterocycles. The van der Waals surface area contributed by atoms with Crippen LogP contribution in [-0.2, 0) is 19.2 Å². The number of fused-ring (bicyclic) bond motifs is 1. The Balaban J connectivity index is 1.32. The number of hydrogen-bond donors (Lipinski definition) is 0. The first kappa shape index (κ1) is 20.8. The maximum absolute atomic E-state index is 13.7. The summed E-state index contributed by atoms with van der Waals surface area (Å²) in [5, 5.41) is 1.69. The van der Waals surface area contributed by atoms with Crippen LogP contribution >= 0.6 is 0 Å². The van der Waals surface area contributed by atoms with Gasteiger partial charge in [-0.15, -0.1) is 0 Å². The Kier molecular flexibility index (Phi) is 5.24. The summed E-state index contributed by atoms with van der Waals surface area (Å²) in [7, 11) is 0. The van der Waals surface area contributed by atoms with Crippen LogP contribution in [0.4, 0.5) is 17.1 Å². The second kappa shape index (κ2) is 8.55. The molecule has 8 heteroatoms. The highest BCUT2D eigenvalue weighted by molar-refractivity contribution is 6.24. The van der Waals surface area contributed by atoms with Gasteiger partial charge in [0, 0.05) is 31.2 Å². The minimum atomic E-state index is -0.884.